The Kier molecular flexibility index (Phi) is 6.67. The van der Waals surface area contributed by atoms with Crippen molar-refractivity contribution >= 4 is 5.91 Å². The van der Waals surface area contributed by atoms with Crippen molar-refractivity contribution in [1.29, 1.82) is 0 Å². The van der Waals surface area contributed by atoms with Crippen LogP contribution in [0.4, 0.5) is 8.78 Å². The highest BCUT2D eigenvalue weighted by atomic mass is 19.3. The fraction of sp³-hybridized carbons (Fsp3) is 0.600. The van der Waals surface area contributed by atoms with Crippen LogP contribution in [0.5, 0.6) is 0 Å². The van der Waals surface area contributed by atoms with Crippen molar-refractivity contribution in [3.8, 4) is 0 Å². The molecule has 0 radical (unpaired) electrons. The number of halogens is 2. The third-order valence-electron chi connectivity index (χ3n) is 3.44. The fourth-order valence-electron chi connectivity index (χ4n) is 2.25. The van der Waals surface area contributed by atoms with Gasteiger partial charge in [-0.2, -0.15) is 0 Å². The van der Waals surface area contributed by atoms with E-state index in [9.17, 15) is 18.4 Å². The van der Waals surface area contributed by atoms with Crippen LogP contribution >= 0.6 is 0 Å². The maximum atomic E-state index is 13.1. The molecular weight excluding hydrogens is 292 g/mol. The molecule has 1 rings (SSSR count). The molecule has 2 N–H and O–H groups in total. The van der Waals surface area contributed by atoms with Gasteiger partial charge in [-0.3, -0.25) is 9.59 Å². The van der Waals surface area contributed by atoms with Gasteiger partial charge < -0.3 is 15.2 Å². The largest absolute Gasteiger partial charge is 0.368 e. The molecule has 7 heteroatoms. The van der Waals surface area contributed by atoms with Gasteiger partial charge in [-0.1, -0.05) is 13.3 Å². The lowest BCUT2D eigenvalue weighted by atomic mass is 10.1. The van der Waals surface area contributed by atoms with E-state index in [-0.39, 0.29) is 0 Å². The van der Waals surface area contributed by atoms with E-state index in [1.165, 1.54) is 12.3 Å². The van der Waals surface area contributed by atoms with E-state index in [1.807, 2.05) is 25.9 Å². The molecule has 1 atom stereocenters. The highest BCUT2D eigenvalue weighted by molar-refractivity contribution is 5.78. The Bertz CT molecular complexity index is 570. The lowest BCUT2D eigenvalue weighted by molar-refractivity contribution is -0.121. The van der Waals surface area contributed by atoms with E-state index in [1.54, 1.807) is 0 Å². The number of amides is 1. The minimum atomic E-state index is -2.88. The second kappa shape index (κ2) is 8.03. The molecule has 22 heavy (non-hydrogen) atoms. The van der Waals surface area contributed by atoms with Crippen molar-refractivity contribution < 1.29 is 13.6 Å². The third kappa shape index (κ3) is 4.62. The van der Waals surface area contributed by atoms with E-state index in [4.69, 9.17) is 5.73 Å². The van der Waals surface area contributed by atoms with Crippen LogP contribution in [0.25, 0.3) is 0 Å². The van der Waals surface area contributed by atoms with Gasteiger partial charge in [-0.15, -0.1) is 0 Å². The Morgan fingerprint density at radius 1 is 1.41 bits per heavy atom. The standard InChI is InChI=1S/C15H23F2N3O2/c1-4-5-12(14(18)21)20-9-10(6-7-19(2)3)8-11(13(16)17)15(20)22/h8-9,12-13H,4-7H2,1-3H3,(H2,18,21). The number of hydrogen-bond donors (Lipinski definition) is 1. The molecule has 1 aromatic rings. The van der Waals surface area contributed by atoms with E-state index >= 15 is 0 Å². The van der Waals surface area contributed by atoms with Gasteiger partial charge in [0.25, 0.3) is 12.0 Å². The zero-order valence-corrected chi connectivity index (χ0v) is 13.2. The summed E-state index contributed by atoms with van der Waals surface area (Å²) in [5.74, 6) is -0.686. The molecule has 0 spiro atoms. The Balaban J connectivity index is 3.34. The van der Waals surface area contributed by atoms with Crippen molar-refractivity contribution in [3.05, 3.63) is 33.7 Å². The molecule has 5 nitrogen and oxygen atoms in total. The first-order chi connectivity index (χ1) is 10.3. The molecule has 0 bridgehead atoms. The average Bonchev–Trinajstić information content (AvgIpc) is 2.43. The second-order valence-corrected chi connectivity index (χ2v) is 5.58. The number of carbonyl (C=O) groups excluding carboxylic acids is 1. The van der Waals surface area contributed by atoms with Crippen molar-refractivity contribution in [2.24, 2.45) is 5.73 Å². The molecule has 1 aromatic heterocycles. The molecule has 124 valence electrons. The summed E-state index contributed by atoms with van der Waals surface area (Å²) in [6.45, 7) is 2.49. The van der Waals surface area contributed by atoms with E-state index in [2.05, 4.69) is 0 Å². The number of rotatable bonds is 8. The first kappa shape index (κ1) is 18.3. The molecule has 0 aliphatic heterocycles. The Morgan fingerprint density at radius 3 is 2.50 bits per heavy atom. The Labute approximate surface area is 128 Å². The summed E-state index contributed by atoms with van der Waals surface area (Å²) in [6, 6.07) is 0.325. The number of aromatic nitrogens is 1. The summed E-state index contributed by atoms with van der Waals surface area (Å²) in [5, 5.41) is 0. The number of primary amides is 1. The first-order valence-electron chi connectivity index (χ1n) is 7.25. The van der Waals surface area contributed by atoms with E-state index in [0.29, 0.717) is 31.4 Å². The first-order valence-corrected chi connectivity index (χ1v) is 7.25. The molecule has 0 saturated carbocycles. The minimum absolute atomic E-state index is 0.342. The minimum Gasteiger partial charge on any atom is -0.368 e. The van der Waals surface area contributed by atoms with Crippen LogP contribution in [0.3, 0.4) is 0 Å². The van der Waals surface area contributed by atoms with Crippen LogP contribution in [0.15, 0.2) is 17.1 Å². The monoisotopic (exact) mass is 315 g/mol. The average molecular weight is 315 g/mol. The van der Waals surface area contributed by atoms with Crippen molar-refractivity contribution in [1.82, 2.24) is 9.47 Å². The summed E-state index contributed by atoms with van der Waals surface area (Å²) in [6.07, 6.45) is 0.0576. The van der Waals surface area contributed by atoms with Gasteiger partial charge in [0.1, 0.15) is 6.04 Å². The zero-order chi connectivity index (χ0) is 16.9. The molecule has 0 aliphatic carbocycles. The smallest absolute Gasteiger partial charge is 0.269 e. The molecule has 0 aromatic carbocycles. The number of nitrogens with two attached hydrogens (primary N) is 1. The third-order valence-corrected chi connectivity index (χ3v) is 3.44. The molecule has 0 aliphatic rings. The topological polar surface area (TPSA) is 68.3 Å². The van der Waals surface area contributed by atoms with Gasteiger partial charge >= 0.3 is 0 Å². The van der Waals surface area contributed by atoms with Crippen LogP contribution in [0.2, 0.25) is 0 Å². The lowest BCUT2D eigenvalue weighted by Gasteiger charge is -2.19. The molecule has 1 amide bonds. The van der Waals surface area contributed by atoms with Crippen molar-refractivity contribution in [2.75, 3.05) is 20.6 Å². The maximum absolute atomic E-state index is 13.1. The number of hydrogen-bond acceptors (Lipinski definition) is 3. The second-order valence-electron chi connectivity index (χ2n) is 5.58. The Hall–Kier alpha value is -1.76. The van der Waals surface area contributed by atoms with Crippen LogP contribution < -0.4 is 11.3 Å². The molecule has 1 unspecified atom stereocenters. The highest BCUT2D eigenvalue weighted by Crippen LogP contribution is 2.19. The zero-order valence-electron chi connectivity index (χ0n) is 13.2. The quantitative estimate of drug-likeness (QED) is 0.794. The van der Waals surface area contributed by atoms with Gasteiger partial charge in [0.05, 0.1) is 5.56 Å². The summed E-state index contributed by atoms with van der Waals surface area (Å²) in [7, 11) is 3.74. The van der Waals surface area contributed by atoms with E-state index in [0.717, 1.165) is 4.57 Å². The van der Waals surface area contributed by atoms with Crippen molar-refractivity contribution in [2.45, 2.75) is 38.7 Å². The number of carbonyl (C=O) groups is 1. The number of likely N-dealkylation sites (N-methyl/N-ethyl adjacent to an activating group) is 1. The maximum Gasteiger partial charge on any atom is 0.269 e. The van der Waals surface area contributed by atoms with Crippen LogP contribution in [-0.2, 0) is 11.2 Å². The molecule has 1 heterocycles. The fourth-order valence-corrected chi connectivity index (χ4v) is 2.25. The van der Waals surface area contributed by atoms with Crippen LogP contribution in [0.1, 0.15) is 43.4 Å². The van der Waals surface area contributed by atoms with Crippen LogP contribution in [0, 0.1) is 0 Å². The Morgan fingerprint density at radius 2 is 2.05 bits per heavy atom. The van der Waals surface area contributed by atoms with Gasteiger partial charge in [0, 0.05) is 12.7 Å². The van der Waals surface area contributed by atoms with Gasteiger partial charge in [-0.25, -0.2) is 8.78 Å². The summed E-state index contributed by atoms with van der Waals surface area (Å²) >= 11 is 0. The number of nitrogens with zero attached hydrogens (tertiary/aromatic N) is 2. The summed E-state index contributed by atoms with van der Waals surface area (Å²) < 4.78 is 27.3. The van der Waals surface area contributed by atoms with Gasteiger partial charge in [0.2, 0.25) is 5.91 Å². The van der Waals surface area contributed by atoms with Gasteiger partial charge in [-0.05, 0) is 38.6 Å². The predicted octanol–water partition coefficient (Wildman–Crippen LogP) is 1.72. The number of alkyl halides is 2. The lowest BCUT2D eigenvalue weighted by Crippen LogP contribution is -2.35. The summed E-state index contributed by atoms with van der Waals surface area (Å²) in [5.41, 5.74) is 4.49. The van der Waals surface area contributed by atoms with Crippen LogP contribution in [-0.4, -0.2) is 36.0 Å². The summed E-state index contributed by atoms with van der Waals surface area (Å²) in [4.78, 5) is 25.7. The molecular formula is C15H23F2N3O2. The highest BCUT2D eigenvalue weighted by Gasteiger charge is 2.23. The predicted molar refractivity (Wildman–Crippen MR) is 81.1 cm³/mol. The number of pyridine rings is 1. The van der Waals surface area contributed by atoms with Gasteiger partial charge in [0.15, 0.2) is 0 Å². The van der Waals surface area contributed by atoms with Crippen molar-refractivity contribution in [3.63, 3.8) is 0 Å². The SMILES string of the molecule is CCCC(C(N)=O)n1cc(CCN(C)C)cc(C(F)F)c1=O. The molecule has 0 fully saturated rings. The van der Waals surface area contributed by atoms with E-state index < -0.39 is 29.5 Å². The normalized spacial score (nSPS) is 12.9. The molecule has 0 saturated heterocycles.